The van der Waals surface area contributed by atoms with Crippen LogP contribution in [-0.4, -0.2) is 24.5 Å². The van der Waals surface area contributed by atoms with Gasteiger partial charge < -0.3 is 4.90 Å². The summed E-state index contributed by atoms with van der Waals surface area (Å²) < 4.78 is 0. The lowest BCUT2D eigenvalue weighted by Crippen LogP contribution is -2.38. The Balaban J connectivity index is 1.93. The van der Waals surface area contributed by atoms with Gasteiger partial charge in [0.25, 0.3) is 0 Å². The van der Waals surface area contributed by atoms with Crippen molar-refractivity contribution in [2.45, 2.75) is 50.9 Å². The van der Waals surface area contributed by atoms with E-state index in [2.05, 4.69) is 42.2 Å². The maximum atomic E-state index is 2.66. The Morgan fingerprint density at radius 2 is 1.89 bits per heavy atom. The summed E-state index contributed by atoms with van der Waals surface area (Å²) in [6.45, 7) is 6.14. The predicted molar refractivity (Wildman–Crippen MR) is 81.4 cm³/mol. The van der Waals surface area contributed by atoms with E-state index in [4.69, 9.17) is 0 Å². The topological polar surface area (TPSA) is 3.24 Å². The van der Waals surface area contributed by atoms with Crippen molar-refractivity contribution in [3.63, 3.8) is 0 Å². The van der Waals surface area contributed by atoms with Crippen molar-refractivity contribution in [3.8, 4) is 0 Å². The van der Waals surface area contributed by atoms with E-state index in [0.717, 1.165) is 5.92 Å². The lowest BCUT2D eigenvalue weighted by atomic mass is 9.60. The van der Waals surface area contributed by atoms with Gasteiger partial charge in [0.05, 0.1) is 0 Å². The van der Waals surface area contributed by atoms with Crippen molar-refractivity contribution < 1.29 is 0 Å². The molecule has 1 saturated carbocycles. The van der Waals surface area contributed by atoms with Crippen LogP contribution in [0.25, 0.3) is 0 Å². The van der Waals surface area contributed by atoms with Crippen LogP contribution in [0.2, 0.25) is 0 Å². The third-order valence-corrected chi connectivity index (χ3v) is 5.67. The number of likely N-dealkylation sites (tertiary alicyclic amines) is 1. The third-order valence-electron chi connectivity index (χ3n) is 5.67. The molecule has 3 rings (SSSR count). The number of hydrogen-bond acceptors (Lipinski definition) is 1. The van der Waals surface area contributed by atoms with Gasteiger partial charge in [0.15, 0.2) is 0 Å². The molecule has 0 bridgehead atoms. The molecule has 0 N–H and O–H groups in total. The average molecular weight is 257 g/mol. The van der Waals surface area contributed by atoms with Crippen molar-refractivity contribution in [3.05, 3.63) is 35.9 Å². The van der Waals surface area contributed by atoms with Gasteiger partial charge in [-0.3, -0.25) is 0 Å². The smallest absolute Gasteiger partial charge is 0.000614 e. The normalized spacial score (nSPS) is 32.6. The van der Waals surface area contributed by atoms with E-state index in [-0.39, 0.29) is 0 Å². The zero-order chi connectivity index (χ0) is 13.1. The van der Waals surface area contributed by atoms with Gasteiger partial charge in [0, 0.05) is 0 Å². The molecule has 2 aliphatic rings. The van der Waals surface area contributed by atoms with Crippen LogP contribution in [-0.2, 0) is 5.41 Å². The maximum absolute atomic E-state index is 2.66. The van der Waals surface area contributed by atoms with Crippen molar-refractivity contribution in [2.24, 2.45) is 5.92 Å². The first-order chi connectivity index (χ1) is 9.35. The molecule has 1 aromatic rings. The SMILES string of the molecule is CCN1CCC2CCCCC2(c2ccccc2)CC1. The molecule has 19 heavy (non-hydrogen) atoms. The van der Waals surface area contributed by atoms with Crippen LogP contribution >= 0.6 is 0 Å². The van der Waals surface area contributed by atoms with Gasteiger partial charge in [-0.15, -0.1) is 0 Å². The van der Waals surface area contributed by atoms with Gasteiger partial charge in [0.1, 0.15) is 0 Å². The molecule has 2 fully saturated rings. The highest BCUT2D eigenvalue weighted by molar-refractivity contribution is 5.28. The Kier molecular flexibility index (Phi) is 3.93. The number of nitrogens with zero attached hydrogens (tertiary/aromatic N) is 1. The van der Waals surface area contributed by atoms with Crippen LogP contribution < -0.4 is 0 Å². The van der Waals surface area contributed by atoms with Crippen molar-refractivity contribution in [2.75, 3.05) is 19.6 Å². The van der Waals surface area contributed by atoms with E-state index < -0.39 is 0 Å². The monoisotopic (exact) mass is 257 g/mol. The molecule has 1 aromatic carbocycles. The predicted octanol–water partition coefficient (Wildman–Crippen LogP) is 4.23. The molecule has 1 nitrogen and oxygen atoms in total. The quantitative estimate of drug-likeness (QED) is 0.766. The van der Waals surface area contributed by atoms with Crippen molar-refractivity contribution in [1.29, 1.82) is 0 Å². The van der Waals surface area contributed by atoms with Crippen LogP contribution in [0.4, 0.5) is 0 Å². The van der Waals surface area contributed by atoms with Gasteiger partial charge in [-0.05, 0) is 62.2 Å². The Labute approximate surface area is 118 Å². The van der Waals surface area contributed by atoms with Crippen LogP contribution in [0.3, 0.4) is 0 Å². The van der Waals surface area contributed by atoms with Crippen LogP contribution in [0.15, 0.2) is 30.3 Å². The molecular formula is C18H27N. The minimum absolute atomic E-state index is 0.490. The highest BCUT2D eigenvalue weighted by Gasteiger charge is 2.43. The van der Waals surface area contributed by atoms with Gasteiger partial charge in [-0.2, -0.15) is 0 Å². The molecule has 104 valence electrons. The highest BCUT2D eigenvalue weighted by Crippen LogP contribution is 2.49. The Morgan fingerprint density at radius 3 is 2.68 bits per heavy atom. The fraction of sp³-hybridized carbons (Fsp3) is 0.667. The molecule has 0 aromatic heterocycles. The summed E-state index contributed by atoms with van der Waals surface area (Å²) in [7, 11) is 0. The molecule has 0 amide bonds. The van der Waals surface area contributed by atoms with Gasteiger partial charge >= 0.3 is 0 Å². The molecule has 1 heteroatoms. The molecule has 1 aliphatic carbocycles. The molecule has 1 aliphatic heterocycles. The number of benzene rings is 1. The van der Waals surface area contributed by atoms with E-state index in [1.54, 1.807) is 5.56 Å². The Morgan fingerprint density at radius 1 is 1.05 bits per heavy atom. The zero-order valence-electron chi connectivity index (χ0n) is 12.3. The minimum atomic E-state index is 0.490. The fourth-order valence-corrected chi connectivity index (χ4v) is 4.48. The summed E-state index contributed by atoms with van der Waals surface area (Å²) in [4.78, 5) is 2.66. The van der Waals surface area contributed by atoms with E-state index in [0.29, 0.717) is 5.41 Å². The van der Waals surface area contributed by atoms with E-state index in [1.807, 2.05) is 0 Å². The Hall–Kier alpha value is -0.820. The van der Waals surface area contributed by atoms with E-state index in [1.165, 1.54) is 58.2 Å². The fourth-order valence-electron chi connectivity index (χ4n) is 4.48. The van der Waals surface area contributed by atoms with Crippen molar-refractivity contribution >= 4 is 0 Å². The molecule has 2 atom stereocenters. The van der Waals surface area contributed by atoms with E-state index >= 15 is 0 Å². The standard InChI is InChI=1S/C18H27N/c1-2-19-14-11-17-10-6-7-12-18(17,13-15-19)16-8-4-3-5-9-16/h3-5,8-9,17H,2,6-7,10-15H2,1H3. The van der Waals surface area contributed by atoms with Crippen LogP contribution in [0, 0.1) is 5.92 Å². The summed E-state index contributed by atoms with van der Waals surface area (Å²) in [5.41, 5.74) is 2.11. The lowest BCUT2D eigenvalue weighted by molar-refractivity contribution is 0.176. The first-order valence-corrected chi connectivity index (χ1v) is 8.13. The summed E-state index contributed by atoms with van der Waals surface area (Å²) in [6.07, 6.45) is 8.52. The second kappa shape index (κ2) is 5.66. The van der Waals surface area contributed by atoms with Gasteiger partial charge in [0.2, 0.25) is 0 Å². The second-order valence-corrected chi connectivity index (χ2v) is 6.44. The minimum Gasteiger partial charge on any atom is -0.304 e. The lowest BCUT2D eigenvalue weighted by Gasteiger charge is -2.44. The van der Waals surface area contributed by atoms with Crippen molar-refractivity contribution in [1.82, 2.24) is 4.90 Å². The van der Waals surface area contributed by atoms with Crippen LogP contribution in [0.1, 0.15) is 51.0 Å². The third kappa shape index (κ3) is 2.45. The summed E-state index contributed by atoms with van der Waals surface area (Å²) >= 11 is 0. The van der Waals surface area contributed by atoms with Gasteiger partial charge in [-0.25, -0.2) is 0 Å². The van der Waals surface area contributed by atoms with E-state index in [9.17, 15) is 0 Å². The Bertz CT molecular complexity index is 399. The molecule has 1 heterocycles. The largest absolute Gasteiger partial charge is 0.304 e. The average Bonchev–Trinajstić information content (AvgIpc) is 2.68. The number of hydrogen-bond donors (Lipinski definition) is 0. The van der Waals surface area contributed by atoms with Crippen LogP contribution in [0.5, 0.6) is 0 Å². The first kappa shape index (κ1) is 13.2. The molecule has 1 saturated heterocycles. The zero-order valence-corrected chi connectivity index (χ0v) is 12.3. The first-order valence-electron chi connectivity index (χ1n) is 8.13. The summed E-state index contributed by atoms with van der Waals surface area (Å²) in [5.74, 6) is 0.917. The summed E-state index contributed by atoms with van der Waals surface area (Å²) in [6, 6.07) is 11.4. The molecule has 0 spiro atoms. The number of fused-ring (bicyclic) bond motifs is 1. The van der Waals surface area contributed by atoms with Gasteiger partial charge in [-0.1, -0.05) is 50.1 Å². The highest BCUT2D eigenvalue weighted by atomic mass is 15.1. The molecule has 2 unspecified atom stereocenters. The summed E-state index contributed by atoms with van der Waals surface area (Å²) in [5, 5.41) is 0. The maximum Gasteiger partial charge on any atom is -0.000614 e. The second-order valence-electron chi connectivity index (χ2n) is 6.44. The number of rotatable bonds is 2. The molecule has 0 radical (unpaired) electrons. The molecular weight excluding hydrogens is 230 g/mol.